The molecule has 0 aliphatic heterocycles. The number of hydrogen-bond acceptors (Lipinski definition) is 8. The molecule has 0 aromatic carbocycles. The molecule has 0 aromatic rings. The highest BCUT2D eigenvalue weighted by Gasteiger charge is 2.32. The molecule has 0 N–H and O–H groups in total. The largest absolute Gasteiger partial charge is 0.379 e. The summed E-state index contributed by atoms with van der Waals surface area (Å²) in [5.74, 6) is 0. The lowest BCUT2D eigenvalue weighted by Gasteiger charge is -2.33. The minimum Gasteiger partial charge on any atom is -0.379 e. The first-order chi connectivity index (χ1) is 20.8. The molecule has 0 heterocycles. The molecule has 0 spiro atoms. The maximum absolute atomic E-state index is 6.17. The third kappa shape index (κ3) is 35.0. The number of ether oxygens (including phenoxy) is 8. The van der Waals surface area contributed by atoms with Crippen LogP contribution in [-0.4, -0.2) is 106 Å². The summed E-state index contributed by atoms with van der Waals surface area (Å²) in [6, 6.07) is 0. The number of rotatable bonds is 28. The summed E-state index contributed by atoms with van der Waals surface area (Å²) in [5, 5.41) is 0. The van der Waals surface area contributed by atoms with Crippen molar-refractivity contribution in [3.8, 4) is 0 Å². The second-order valence-corrected chi connectivity index (χ2v) is 17.4. The van der Waals surface area contributed by atoms with Crippen LogP contribution in [0.4, 0.5) is 0 Å². The van der Waals surface area contributed by atoms with Crippen molar-refractivity contribution in [3.05, 3.63) is 0 Å². The zero-order chi connectivity index (χ0) is 34.3. The second kappa shape index (κ2) is 25.6. The van der Waals surface area contributed by atoms with Gasteiger partial charge in [-0.3, -0.25) is 0 Å². The van der Waals surface area contributed by atoms with Gasteiger partial charge in [-0.05, 0) is 47.3 Å². The van der Waals surface area contributed by atoms with Crippen molar-refractivity contribution in [3.63, 3.8) is 0 Å². The van der Waals surface area contributed by atoms with E-state index in [0.717, 1.165) is 52.1 Å². The maximum atomic E-state index is 6.17. The van der Waals surface area contributed by atoms with Gasteiger partial charge in [-0.25, -0.2) is 0 Å². The van der Waals surface area contributed by atoms with Gasteiger partial charge in [0.1, 0.15) is 0 Å². The molecule has 0 atom stereocenters. The summed E-state index contributed by atoms with van der Waals surface area (Å²) < 4.78 is 48.0. The van der Waals surface area contributed by atoms with Crippen LogP contribution in [0.25, 0.3) is 0 Å². The highest BCUT2D eigenvalue weighted by atomic mass is 16.6. The summed E-state index contributed by atoms with van der Waals surface area (Å²) >= 11 is 0. The summed E-state index contributed by atoms with van der Waals surface area (Å²) in [6.45, 7) is 35.6. The summed E-state index contributed by atoms with van der Waals surface area (Å²) in [5.41, 5.74) is 0.543. The van der Waals surface area contributed by atoms with E-state index in [9.17, 15) is 0 Å². The van der Waals surface area contributed by atoms with Gasteiger partial charge in [0.05, 0.1) is 84.7 Å². The van der Waals surface area contributed by atoms with Gasteiger partial charge in [-0.2, -0.15) is 0 Å². The third-order valence-electron chi connectivity index (χ3n) is 7.11. The van der Waals surface area contributed by atoms with Crippen LogP contribution >= 0.6 is 0 Å². The van der Waals surface area contributed by atoms with E-state index in [1.54, 1.807) is 0 Å². The molecule has 0 radical (unpaired) electrons. The zero-order valence-corrected chi connectivity index (χ0v) is 31.9. The van der Waals surface area contributed by atoms with Gasteiger partial charge in [-0.15, -0.1) is 0 Å². The first kappa shape index (κ1) is 47.8. The molecule has 0 saturated carbocycles. The highest BCUT2D eigenvalue weighted by Crippen LogP contribution is 2.23. The molecular formula is C38H80O8. The molecule has 0 aliphatic rings. The minimum atomic E-state index is -0.479. The van der Waals surface area contributed by atoms with Crippen molar-refractivity contribution in [2.24, 2.45) is 27.1 Å². The van der Waals surface area contributed by atoms with Gasteiger partial charge in [0, 0.05) is 26.4 Å². The highest BCUT2D eigenvalue weighted by molar-refractivity contribution is 4.80. The molecule has 0 amide bonds. The molecule has 0 aliphatic carbocycles. The fourth-order valence-corrected chi connectivity index (χ4v) is 3.80. The lowest BCUT2D eigenvalue weighted by atomic mass is 9.92. The van der Waals surface area contributed by atoms with Gasteiger partial charge < -0.3 is 37.9 Å². The van der Waals surface area contributed by atoms with E-state index < -0.39 is 5.41 Å². The minimum absolute atomic E-state index is 0. The molecule has 0 saturated heterocycles. The summed E-state index contributed by atoms with van der Waals surface area (Å²) in [4.78, 5) is 0. The molecule has 0 bridgehead atoms. The Morgan fingerprint density at radius 3 is 0.609 bits per heavy atom. The topological polar surface area (TPSA) is 73.8 Å². The van der Waals surface area contributed by atoms with Crippen LogP contribution in [0, 0.1) is 27.1 Å². The Morgan fingerprint density at radius 2 is 0.435 bits per heavy atom. The predicted octanol–water partition coefficient (Wildman–Crippen LogP) is 8.49. The van der Waals surface area contributed by atoms with Crippen LogP contribution in [0.2, 0.25) is 0 Å². The van der Waals surface area contributed by atoms with E-state index in [1.807, 2.05) is 0 Å². The standard InChI is InChI=1S/C37H76O8.CH4/c1-33(2,3)13-17-38-21-25-42-29-37(30-43-26-22-39-18-14-34(4,5)6,31-44-27-23-40-19-15-35(7,8)9)32-45-28-24-41-20-16-36(10,11)12;/h13-32H2,1-12H3;1H4. The smallest absolute Gasteiger partial charge is 0.0700 e. The van der Waals surface area contributed by atoms with E-state index in [1.165, 1.54) is 0 Å². The van der Waals surface area contributed by atoms with Crippen LogP contribution in [0.5, 0.6) is 0 Å². The van der Waals surface area contributed by atoms with Crippen LogP contribution in [-0.2, 0) is 37.9 Å². The Kier molecular flexibility index (Phi) is 26.6. The molecule has 0 aromatic heterocycles. The Hall–Kier alpha value is -0.320. The van der Waals surface area contributed by atoms with Crippen molar-refractivity contribution in [2.75, 3.05) is 106 Å². The van der Waals surface area contributed by atoms with E-state index >= 15 is 0 Å². The van der Waals surface area contributed by atoms with Crippen LogP contribution < -0.4 is 0 Å². The molecule has 0 rings (SSSR count). The molecule has 0 fully saturated rings. The SMILES string of the molecule is C.CC(C)(C)CCOCCOCC(COCCOCCC(C)(C)C)(COCCOCCC(C)(C)C)COCCOCCC(C)(C)C. The average molecular weight is 665 g/mol. The van der Waals surface area contributed by atoms with Gasteiger partial charge in [0.15, 0.2) is 0 Å². The average Bonchev–Trinajstić information content (AvgIpc) is 2.88. The maximum Gasteiger partial charge on any atom is 0.0700 e. The zero-order valence-electron chi connectivity index (χ0n) is 31.9. The fraction of sp³-hybridized carbons (Fsp3) is 1.00. The quantitative estimate of drug-likeness (QED) is 0.0772. The van der Waals surface area contributed by atoms with Crippen molar-refractivity contribution < 1.29 is 37.9 Å². The molecule has 8 nitrogen and oxygen atoms in total. The van der Waals surface area contributed by atoms with Gasteiger partial charge in [0.2, 0.25) is 0 Å². The first-order valence-electron chi connectivity index (χ1n) is 17.4. The van der Waals surface area contributed by atoms with Crippen molar-refractivity contribution in [1.82, 2.24) is 0 Å². The summed E-state index contributed by atoms with van der Waals surface area (Å²) in [6.07, 6.45) is 4.06. The van der Waals surface area contributed by atoms with E-state index in [2.05, 4.69) is 83.1 Å². The summed E-state index contributed by atoms with van der Waals surface area (Å²) in [7, 11) is 0. The molecule has 280 valence electrons. The van der Waals surface area contributed by atoms with Crippen molar-refractivity contribution >= 4 is 0 Å². The molecule has 0 unspecified atom stereocenters. The van der Waals surface area contributed by atoms with Gasteiger partial charge >= 0.3 is 0 Å². The predicted molar refractivity (Wildman–Crippen MR) is 192 cm³/mol. The Labute approximate surface area is 286 Å². The Morgan fingerprint density at radius 1 is 0.261 bits per heavy atom. The fourth-order valence-electron chi connectivity index (χ4n) is 3.80. The molecule has 8 heteroatoms. The Bertz CT molecular complexity index is 553. The van der Waals surface area contributed by atoms with Crippen LogP contribution in [0.3, 0.4) is 0 Å². The van der Waals surface area contributed by atoms with Gasteiger partial charge in [0.25, 0.3) is 0 Å². The number of hydrogen-bond donors (Lipinski definition) is 0. The van der Waals surface area contributed by atoms with E-state index in [-0.39, 0.29) is 29.1 Å². The van der Waals surface area contributed by atoms with E-state index in [4.69, 9.17) is 37.9 Å². The van der Waals surface area contributed by atoms with Crippen molar-refractivity contribution in [2.45, 2.75) is 116 Å². The lowest BCUT2D eigenvalue weighted by molar-refractivity contribution is -0.122. The lowest BCUT2D eigenvalue weighted by Crippen LogP contribution is -2.43. The third-order valence-corrected chi connectivity index (χ3v) is 7.11. The molecular weight excluding hydrogens is 584 g/mol. The second-order valence-electron chi connectivity index (χ2n) is 17.4. The van der Waals surface area contributed by atoms with Gasteiger partial charge in [-0.1, -0.05) is 90.5 Å². The van der Waals surface area contributed by atoms with Crippen LogP contribution in [0.15, 0.2) is 0 Å². The van der Waals surface area contributed by atoms with E-state index in [0.29, 0.717) is 79.3 Å². The Balaban J connectivity index is 0. The van der Waals surface area contributed by atoms with Crippen LogP contribution in [0.1, 0.15) is 116 Å². The first-order valence-corrected chi connectivity index (χ1v) is 17.4. The normalized spacial score (nSPS) is 13.3. The molecule has 46 heavy (non-hydrogen) atoms. The van der Waals surface area contributed by atoms with Crippen molar-refractivity contribution in [1.29, 1.82) is 0 Å². The monoisotopic (exact) mass is 665 g/mol.